The van der Waals surface area contributed by atoms with Gasteiger partial charge in [0.2, 0.25) is 0 Å². The fourth-order valence-corrected chi connectivity index (χ4v) is 2.89. The highest BCUT2D eigenvalue weighted by atomic mass is 19.3. The number of aliphatic hydroxyl groups excluding tert-OH is 1. The molecule has 1 aliphatic carbocycles. The summed E-state index contributed by atoms with van der Waals surface area (Å²) < 4.78 is 34.2. The number of nitrogens with two attached hydrogens (primary N) is 1. The van der Waals surface area contributed by atoms with E-state index in [0.717, 1.165) is 24.6 Å². The lowest BCUT2D eigenvalue weighted by Gasteiger charge is -2.20. The Balaban J connectivity index is 1.86. The van der Waals surface area contributed by atoms with Gasteiger partial charge < -0.3 is 15.6 Å². The number of aliphatic hydroxyl groups is 1. The van der Waals surface area contributed by atoms with Crippen LogP contribution >= 0.6 is 0 Å². The number of allylic oxidation sites excluding steroid dienone is 3. The van der Waals surface area contributed by atoms with Crippen LogP contribution in [-0.4, -0.2) is 33.2 Å². The van der Waals surface area contributed by atoms with Crippen LogP contribution in [0.15, 0.2) is 34.8 Å². The van der Waals surface area contributed by atoms with Crippen LogP contribution in [0.3, 0.4) is 0 Å². The van der Waals surface area contributed by atoms with Gasteiger partial charge in [0.25, 0.3) is 0 Å². The minimum absolute atomic E-state index is 0.131. The molecule has 6 nitrogen and oxygen atoms in total. The smallest absolute Gasteiger partial charge is 0.346 e. The van der Waals surface area contributed by atoms with Crippen molar-refractivity contribution in [1.82, 2.24) is 9.97 Å². The van der Waals surface area contributed by atoms with Crippen molar-refractivity contribution >= 4 is 5.82 Å². The van der Waals surface area contributed by atoms with Crippen LogP contribution in [0.25, 0.3) is 0 Å². The Morgan fingerprint density at radius 2 is 2.30 bits per heavy atom. The number of rotatable bonds is 3. The van der Waals surface area contributed by atoms with Gasteiger partial charge in [0.05, 0.1) is 6.10 Å². The number of nitrogens with one attached hydrogen (secondary N) is 1. The molecule has 0 radical (unpaired) electrons. The molecular formula is C15H17F2N3O3. The highest BCUT2D eigenvalue weighted by molar-refractivity contribution is 5.40. The first-order valence-electron chi connectivity index (χ1n) is 7.30. The van der Waals surface area contributed by atoms with Crippen LogP contribution in [0.5, 0.6) is 0 Å². The van der Waals surface area contributed by atoms with Gasteiger partial charge in [-0.25, -0.2) is 18.6 Å². The number of halogens is 2. The lowest BCUT2D eigenvalue weighted by molar-refractivity contribution is -0.113. The maximum Gasteiger partial charge on any atom is 0.346 e. The number of hydrogen-bond acceptors (Lipinski definition) is 5. The van der Waals surface area contributed by atoms with E-state index < -0.39 is 29.9 Å². The number of nitrogens with zero attached hydrogens (tertiary/aromatic N) is 1. The quantitative estimate of drug-likeness (QED) is 0.781. The molecule has 2 aliphatic rings. The summed E-state index contributed by atoms with van der Waals surface area (Å²) >= 11 is 0. The third-order valence-corrected chi connectivity index (χ3v) is 4.13. The average Bonchev–Trinajstić information content (AvgIpc) is 2.72. The Kier molecular flexibility index (Phi) is 4.03. The highest BCUT2D eigenvalue weighted by Gasteiger charge is 2.59. The van der Waals surface area contributed by atoms with Crippen molar-refractivity contribution in [1.29, 1.82) is 0 Å². The third-order valence-electron chi connectivity index (χ3n) is 4.13. The van der Waals surface area contributed by atoms with Crippen LogP contribution in [0, 0.1) is 0 Å². The van der Waals surface area contributed by atoms with Crippen LogP contribution < -0.4 is 11.4 Å². The minimum Gasteiger partial charge on any atom is -0.385 e. The molecule has 3 atom stereocenters. The van der Waals surface area contributed by atoms with E-state index in [9.17, 15) is 18.7 Å². The molecular weight excluding hydrogens is 308 g/mol. The number of alkyl halides is 2. The average molecular weight is 325 g/mol. The number of aromatic nitrogens is 2. The molecule has 8 heteroatoms. The van der Waals surface area contributed by atoms with Crippen molar-refractivity contribution in [2.75, 3.05) is 5.73 Å². The zero-order valence-corrected chi connectivity index (χ0v) is 12.2. The zero-order chi connectivity index (χ0) is 16.6. The normalized spacial score (nSPS) is 29.5. The lowest BCUT2D eigenvalue weighted by atomic mass is 9.95. The lowest BCUT2D eigenvalue weighted by Crippen LogP contribution is -2.37. The molecule has 23 heavy (non-hydrogen) atoms. The van der Waals surface area contributed by atoms with E-state index in [-0.39, 0.29) is 17.8 Å². The Hall–Kier alpha value is -2.06. The first-order valence-corrected chi connectivity index (χ1v) is 7.30. The second kappa shape index (κ2) is 5.86. The zero-order valence-electron chi connectivity index (χ0n) is 12.2. The van der Waals surface area contributed by atoms with Crippen molar-refractivity contribution in [2.45, 2.75) is 43.5 Å². The molecule has 1 aromatic heterocycles. The predicted octanol–water partition coefficient (Wildman–Crippen LogP) is 1.45. The summed E-state index contributed by atoms with van der Waals surface area (Å²) in [6.07, 6.45) is 3.72. The van der Waals surface area contributed by atoms with Gasteiger partial charge in [-0.15, -0.1) is 0 Å². The predicted molar refractivity (Wildman–Crippen MR) is 78.9 cm³/mol. The summed E-state index contributed by atoms with van der Waals surface area (Å²) in [5.74, 6) is -3.76. The van der Waals surface area contributed by atoms with E-state index in [1.807, 2.05) is 18.2 Å². The van der Waals surface area contributed by atoms with Crippen LogP contribution in [0.1, 0.15) is 30.9 Å². The van der Waals surface area contributed by atoms with Gasteiger partial charge in [0, 0.05) is 11.8 Å². The minimum atomic E-state index is -3.52. The Morgan fingerprint density at radius 1 is 1.52 bits per heavy atom. The number of hydrogen-bond donors (Lipinski definition) is 3. The van der Waals surface area contributed by atoms with Crippen molar-refractivity contribution in [2.24, 2.45) is 0 Å². The van der Waals surface area contributed by atoms with Crippen LogP contribution in [0.4, 0.5) is 14.6 Å². The van der Waals surface area contributed by atoms with E-state index >= 15 is 0 Å². The van der Waals surface area contributed by atoms with E-state index in [1.165, 1.54) is 0 Å². The first kappa shape index (κ1) is 15.8. The van der Waals surface area contributed by atoms with Crippen molar-refractivity contribution in [3.8, 4) is 0 Å². The molecule has 1 fully saturated rings. The molecule has 0 spiro atoms. The van der Waals surface area contributed by atoms with Gasteiger partial charge in [0.1, 0.15) is 11.9 Å². The van der Waals surface area contributed by atoms with Gasteiger partial charge in [-0.2, -0.15) is 0 Å². The van der Waals surface area contributed by atoms with Gasteiger partial charge in [-0.1, -0.05) is 23.8 Å². The Morgan fingerprint density at radius 3 is 2.96 bits per heavy atom. The second-order valence-electron chi connectivity index (χ2n) is 5.73. The summed E-state index contributed by atoms with van der Waals surface area (Å²) in [4.78, 5) is 16.6. The molecule has 0 bridgehead atoms. The Bertz CT molecular complexity index is 714. The summed E-state index contributed by atoms with van der Waals surface area (Å²) in [5.41, 5.74) is 5.67. The maximum absolute atomic E-state index is 14.4. The molecule has 3 rings (SSSR count). The molecule has 1 aliphatic heterocycles. The van der Waals surface area contributed by atoms with Gasteiger partial charge in [-0.05, 0) is 19.3 Å². The molecule has 2 heterocycles. The van der Waals surface area contributed by atoms with E-state index in [0.29, 0.717) is 0 Å². The molecule has 0 saturated carbocycles. The monoisotopic (exact) mass is 325 g/mol. The molecule has 0 amide bonds. The van der Waals surface area contributed by atoms with Crippen LogP contribution in [0.2, 0.25) is 0 Å². The highest BCUT2D eigenvalue weighted by Crippen LogP contribution is 2.48. The molecule has 1 aromatic rings. The van der Waals surface area contributed by atoms with Gasteiger partial charge in [-0.3, -0.25) is 4.98 Å². The van der Waals surface area contributed by atoms with Crippen molar-refractivity contribution in [3.05, 3.63) is 46.0 Å². The Labute approximate surface area is 130 Å². The molecule has 4 N–H and O–H groups in total. The fraction of sp³-hybridized carbons (Fsp3) is 0.467. The SMILES string of the molecule is Nc1[nH]c(=O)ncc1[C@H]1O[C@H](CC2=CC=CCC2)[C@@H](O)C1(F)F. The number of ether oxygens (including phenoxy) is 1. The number of anilines is 1. The van der Waals surface area contributed by atoms with E-state index in [2.05, 4.69) is 9.97 Å². The van der Waals surface area contributed by atoms with Crippen molar-refractivity contribution < 1.29 is 18.6 Å². The van der Waals surface area contributed by atoms with Crippen LogP contribution in [-0.2, 0) is 4.74 Å². The summed E-state index contributed by atoms with van der Waals surface area (Å²) in [5, 5.41) is 9.97. The summed E-state index contributed by atoms with van der Waals surface area (Å²) in [6.45, 7) is 0. The third kappa shape index (κ3) is 2.91. The summed E-state index contributed by atoms with van der Waals surface area (Å²) in [6, 6.07) is 0. The maximum atomic E-state index is 14.4. The molecule has 0 aromatic carbocycles. The largest absolute Gasteiger partial charge is 0.385 e. The first-order chi connectivity index (χ1) is 10.9. The molecule has 1 saturated heterocycles. The number of H-pyrrole nitrogens is 1. The molecule has 124 valence electrons. The number of nitrogen functional groups attached to an aromatic ring is 1. The van der Waals surface area contributed by atoms with E-state index in [1.54, 1.807) is 0 Å². The second-order valence-corrected chi connectivity index (χ2v) is 5.73. The standard InChI is InChI=1S/C15H17F2N3O3/c16-15(17)11(21)10(6-8-4-2-1-3-5-8)23-12(15)9-7-19-14(22)20-13(9)18/h1-2,4,7,10-12,21H,3,5-6H2,(H3,18,19,20,22)/t10-,11-,12-/m1/s1. The van der Waals surface area contributed by atoms with Gasteiger partial charge in [0.15, 0.2) is 6.10 Å². The van der Waals surface area contributed by atoms with E-state index in [4.69, 9.17) is 10.5 Å². The summed E-state index contributed by atoms with van der Waals surface area (Å²) in [7, 11) is 0. The molecule has 0 unspecified atom stereocenters. The topological polar surface area (TPSA) is 101 Å². The number of aromatic amines is 1. The fourth-order valence-electron chi connectivity index (χ4n) is 2.89. The van der Waals surface area contributed by atoms with Crippen molar-refractivity contribution in [3.63, 3.8) is 0 Å². The van der Waals surface area contributed by atoms with Gasteiger partial charge >= 0.3 is 11.6 Å².